The van der Waals surface area contributed by atoms with Gasteiger partial charge in [-0.25, -0.2) is 9.59 Å². The summed E-state index contributed by atoms with van der Waals surface area (Å²) in [5.74, 6) is -1.41. The molecule has 0 spiro atoms. The summed E-state index contributed by atoms with van der Waals surface area (Å²) < 4.78 is 11.0. The van der Waals surface area contributed by atoms with Crippen molar-refractivity contribution in [2.75, 3.05) is 6.73 Å². The second-order valence-corrected chi connectivity index (χ2v) is 7.05. The molecule has 0 fully saturated rings. The Morgan fingerprint density at radius 1 is 0.935 bits per heavy atom. The summed E-state index contributed by atoms with van der Waals surface area (Å²) in [6, 6.07) is 20.2. The third-order valence-electron chi connectivity index (χ3n) is 4.90. The molecule has 1 aliphatic rings. The number of carbonyl (C=O) groups excluding carboxylic acids is 2. The van der Waals surface area contributed by atoms with E-state index in [4.69, 9.17) is 14.6 Å². The van der Waals surface area contributed by atoms with Crippen LogP contribution in [0.4, 0.5) is 0 Å². The van der Waals surface area contributed by atoms with Gasteiger partial charge in [-0.2, -0.15) is 0 Å². The summed E-state index contributed by atoms with van der Waals surface area (Å²) >= 11 is 0. The van der Waals surface area contributed by atoms with Crippen LogP contribution >= 0.6 is 0 Å². The maximum absolute atomic E-state index is 13.0. The molecule has 4 rings (SSSR count). The van der Waals surface area contributed by atoms with Gasteiger partial charge in [-0.1, -0.05) is 42.5 Å². The molecular weight excluding hydrogens is 398 g/mol. The summed E-state index contributed by atoms with van der Waals surface area (Å²) in [7, 11) is 0. The number of carboxylic acid groups (broad SMARTS) is 1. The van der Waals surface area contributed by atoms with Crippen LogP contribution in [0.3, 0.4) is 0 Å². The van der Waals surface area contributed by atoms with E-state index in [1.807, 2.05) is 30.3 Å². The van der Waals surface area contributed by atoms with Gasteiger partial charge < -0.3 is 19.5 Å². The first-order valence-corrected chi connectivity index (χ1v) is 9.60. The molecule has 1 aliphatic heterocycles. The Hall–Kier alpha value is -4.13. The molecule has 0 atom stereocenters. The van der Waals surface area contributed by atoms with Gasteiger partial charge in [0.05, 0.1) is 16.7 Å². The van der Waals surface area contributed by atoms with Gasteiger partial charge in [-0.15, -0.1) is 0 Å². The Labute approximate surface area is 178 Å². The van der Waals surface area contributed by atoms with Gasteiger partial charge in [0.2, 0.25) is 0 Å². The highest BCUT2D eigenvalue weighted by atomic mass is 16.5. The number of carboxylic acids is 1. The molecule has 1 heterocycles. The predicted octanol–water partition coefficient (Wildman–Crippen LogP) is 3.73. The van der Waals surface area contributed by atoms with Crippen molar-refractivity contribution in [1.29, 1.82) is 0 Å². The quantitative estimate of drug-likeness (QED) is 0.615. The van der Waals surface area contributed by atoms with Crippen molar-refractivity contribution in [1.82, 2.24) is 4.90 Å². The van der Waals surface area contributed by atoms with Gasteiger partial charge in [0, 0.05) is 6.54 Å². The highest BCUT2D eigenvalue weighted by molar-refractivity contribution is 6.00. The summed E-state index contributed by atoms with van der Waals surface area (Å²) in [6.07, 6.45) is 0. The predicted molar refractivity (Wildman–Crippen MR) is 111 cm³/mol. The molecule has 1 N–H and O–H groups in total. The topological polar surface area (TPSA) is 93.1 Å². The van der Waals surface area contributed by atoms with Crippen LogP contribution in [0.1, 0.15) is 42.2 Å². The minimum absolute atomic E-state index is 0.0598. The van der Waals surface area contributed by atoms with Crippen molar-refractivity contribution in [2.24, 2.45) is 0 Å². The van der Waals surface area contributed by atoms with Crippen molar-refractivity contribution in [2.45, 2.75) is 13.2 Å². The average Bonchev–Trinajstić information content (AvgIpc) is 2.80. The van der Waals surface area contributed by atoms with E-state index in [2.05, 4.69) is 0 Å². The third kappa shape index (κ3) is 4.56. The minimum Gasteiger partial charge on any atom is -0.478 e. The average molecular weight is 417 g/mol. The van der Waals surface area contributed by atoms with Crippen LogP contribution in [-0.2, 0) is 17.9 Å². The third-order valence-corrected chi connectivity index (χ3v) is 4.90. The normalized spacial score (nSPS) is 12.6. The zero-order chi connectivity index (χ0) is 21.8. The van der Waals surface area contributed by atoms with Crippen molar-refractivity contribution < 1.29 is 29.0 Å². The van der Waals surface area contributed by atoms with E-state index in [0.717, 1.165) is 11.1 Å². The Balaban J connectivity index is 1.46. The molecule has 0 radical (unpaired) electrons. The summed E-state index contributed by atoms with van der Waals surface area (Å²) in [4.78, 5) is 37.9. The van der Waals surface area contributed by atoms with Gasteiger partial charge in [0.1, 0.15) is 12.4 Å². The molecule has 31 heavy (non-hydrogen) atoms. The molecule has 0 saturated heterocycles. The van der Waals surface area contributed by atoms with E-state index in [1.165, 1.54) is 23.1 Å². The molecule has 0 unspecified atom stereocenters. The van der Waals surface area contributed by atoms with Crippen LogP contribution in [-0.4, -0.2) is 34.6 Å². The highest BCUT2D eigenvalue weighted by Crippen LogP contribution is 2.27. The summed E-state index contributed by atoms with van der Waals surface area (Å²) in [6.45, 7) is 0.449. The van der Waals surface area contributed by atoms with Crippen molar-refractivity contribution >= 4 is 17.8 Å². The van der Waals surface area contributed by atoms with E-state index in [-0.39, 0.29) is 42.5 Å². The number of amides is 1. The van der Waals surface area contributed by atoms with Gasteiger partial charge in [0.15, 0.2) is 6.73 Å². The Bertz CT molecular complexity index is 1120. The molecule has 7 heteroatoms. The number of carbonyl (C=O) groups is 3. The van der Waals surface area contributed by atoms with Gasteiger partial charge in [-0.3, -0.25) is 4.79 Å². The Morgan fingerprint density at radius 2 is 1.65 bits per heavy atom. The Kier molecular flexibility index (Phi) is 5.66. The summed E-state index contributed by atoms with van der Waals surface area (Å²) in [5, 5.41) is 9.00. The van der Waals surface area contributed by atoms with Crippen molar-refractivity contribution in [3.63, 3.8) is 0 Å². The molecule has 7 nitrogen and oxygen atoms in total. The zero-order valence-corrected chi connectivity index (χ0v) is 16.5. The molecule has 0 bridgehead atoms. The molecule has 0 aliphatic carbocycles. The van der Waals surface area contributed by atoms with Gasteiger partial charge in [-0.05, 0) is 41.5 Å². The second kappa shape index (κ2) is 8.71. The lowest BCUT2D eigenvalue weighted by Gasteiger charge is -2.29. The van der Waals surface area contributed by atoms with Crippen LogP contribution in [0.2, 0.25) is 0 Å². The van der Waals surface area contributed by atoms with Gasteiger partial charge in [0.25, 0.3) is 5.91 Å². The molecular formula is C24H19NO6. The number of rotatable bonds is 6. The molecule has 156 valence electrons. The number of nitrogens with zero attached hydrogens (tertiary/aromatic N) is 1. The van der Waals surface area contributed by atoms with Crippen LogP contribution < -0.4 is 4.74 Å². The number of esters is 1. The smallest absolute Gasteiger partial charge is 0.338 e. The Morgan fingerprint density at radius 3 is 2.35 bits per heavy atom. The monoisotopic (exact) mass is 417 g/mol. The van der Waals surface area contributed by atoms with E-state index in [0.29, 0.717) is 5.75 Å². The van der Waals surface area contributed by atoms with Crippen molar-refractivity contribution in [3.05, 3.63) is 101 Å². The first-order valence-electron chi connectivity index (χ1n) is 9.60. The maximum atomic E-state index is 13.0. The number of aromatic carboxylic acids is 1. The first kappa shape index (κ1) is 20.2. The lowest BCUT2D eigenvalue weighted by molar-refractivity contribution is 0.0469. The van der Waals surface area contributed by atoms with Crippen LogP contribution in [0.25, 0.3) is 0 Å². The number of ether oxygens (including phenoxy) is 2. The number of hydrogen-bond acceptors (Lipinski definition) is 5. The van der Waals surface area contributed by atoms with Crippen LogP contribution in [0, 0.1) is 0 Å². The lowest BCUT2D eigenvalue weighted by atomic mass is 10.1. The molecule has 0 aromatic heterocycles. The number of fused-ring (bicyclic) bond motifs is 1. The van der Waals surface area contributed by atoms with Crippen LogP contribution in [0.15, 0.2) is 72.8 Å². The maximum Gasteiger partial charge on any atom is 0.338 e. The van der Waals surface area contributed by atoms with E-state index >= 15 is 0 Å². The van der Waals surface area contributed by atoms with E-state index < -0.39 is 11.9 Å². The highest BCUT2D eigenvalue weighted by Gasteiger charge is 2.27. The van der Waals surface area contributed by atoms with Gasteiger partial charge >= 0.3 is 11.9 Å². The van der Waals surface area contributed by atoms with Crippen LogP contribution in [0.5, 0.6) is 5.75 Å². The standard InChI is InChI=1S/C24H19NO6/c26-22-20-12-19(24(29)30-14-17-4-2-1-3-5-17)10-11-21(20)31-15-25(22)13-16-6-8-18(9-7-16)23(27)28/h1-12H,13-15H2,(H,27,28). The fourth-order valence-corrected chi connectivity index (χ4v) is 3.22. The van der Waals surface area contributed by atoms with E-state index in [1.54, 1.807) is 24.3 Å². The largest absolute Gasteiger partial charge is 0.478 e. The number of hydrogen-bond donors (Lipinski definition) is 1. The SMILES string of the molecule is O=C(O)c1ccc(CN2COc3ccc(C(=O)OCc4ccccc4)cc3C2=O)cc1. The molecule has 3 aromatic rings. The fraction of sp³-hybridized carbons (Fsp3) is 0.125. The van der Waals surface area contributed by atoms with E-state index in [9.17, 15) is 14.4 Å². The molecule has 3 aromatic carbocycles. The fourth-order valence-electron chi connectivity index (χ4n) is 3.22. The summed E-state index contributed by atoms with van der Waals surface area (Å²) in [5.41, 5.74) is 2.35. The number of benzene rings is 3. The molecule has 1 amide bonds. The first-order chi connectivity index (χ1) is 15.0. The van der Waals surface area contributed by atoms with Crippen molar-refractivity contribution in [3.8, 4) is 5.75 Å². The lowest BCUT2D eigenvalue weighted by Crippen LogP contribution is -2.38. The minimum atomic E-state index is -1.01. The molecule has 0 saturated carbocycles. The second-order valence-electron chi connectivity index (χ2n) is 7.05. The zero-order valence-electron chi connectivity index (χ0n) is 16.5.